The van der Waals surface area contributed by atoms with Crippen LogP contribution in [0.1, 0.15) is 18.4 Å². The fourth-order valence-electron chi connectivity index (χ4n) is 2.15. The number of rotatable bonds is 8. The molecule has 0 radical (unpaired) electrons. The Hall–Kier alpha value is -1.75. The van der Waals surface area contributed by atoms with Crippen LogP contribution in [0.25, 0.3) is 0 Å². The summed E-state index contributed by atoms with van der Waals surface area (Å²) < 4.78 is 5.17. The maximum absolute atomic E-state index is 11.9. The van der Waals surface area contributed by atoms with Crippen LogP contribution in [0.2, 0.25) is 10.0 Å². The minimum atomic E-state index is -0.313. The molecule has 0 saturated carbocycles. The molecular weight excluding hydrogens is 349 g/mol. The molecule has 2 rings (SSSR count). The van der Waals surface area contributed by atoms with Crippen molar-refractivity contribution in [1.29, 1.82) is 0 Å². The van der Waals surface area contributed by atoms with E-state index in [-0.39, 0.29) is 19.0 Å². The van der Waals surface area contributed by atoms with Crippen molar-refractivity contribution in [2.75, 3.05) is 18.5 Å². The van der Waals surface area contributed by atoms with E-state index >= 15 is 0 Å². The molecule has 0 aliphatic carbocycles. The Balaban J connectivity index is 2.06. The number of anilines is 2. The Labute approximate surface area is 151 Å². The second-order valence-corrected chi connectivity index (χ2v) is 6.02. The number of unbranched alkanes of at least 4 members (excludes halogenated alkanes) is 1. The average molecular weight is 368 g/mol. The van der Waals surface area contributed by atoms with E-state index in [9.17, 15) is 4.79 Å². The van der Waals surface area contributed by atoms with Gasteiger partial charge in [-0.2, -0.15) is 0 Å². The van der Waals surface area contributed by atoms with Crippen molar-refractivity contribution in [3.63, 3.8) is 0 Å². The van der Waals surface area contributed by atoms with Crippen molar-refractivity contribution < 1.29 is 14.6 Å². The molecule has 0 fully saturated rings. The first-order valence-electron chi connectivity index (χ1n) is 7.67. The Bertz CT molecular complexity index is 671. The molecule has 0 amide bonds. The summed E-state index contributed by atoms with van der Waals surface area (Å²) in [5, 5.41) is 12.9. The molecular formula is C18H19Cl2NO3. The number of carbonyl (C=O) groups is 1. The second kappa shape index (κ2) is 9.52. The standard InChI is InChI=1S/C18H19Cl2NO3/c19-14-7-5-8-15(20)18(14)21-16-9-2-1-6-13(16)12-17(23)24-11-4-3-10-22/h1-2,5-9,21-22H,3-4,10-12H2. The SMILES string of the molecule is O=C(Cc1ccccc1Nc1c(Cl)cccc1Cl)OCCCCO. The van der Waals surface area contributed by atoms with Crippen molar-refractivity contribution >= 4 is 40.5 Å². The zero-order valence-electron chi connectivity index (χ0n) is 13.1. The van der Waals surface area contributed by atoms with Gasteiger partial charge in [-0.05, 0) is 36.6 Å². The van der Waals surface area contributed by atoms with E-state index in [1.54, 1.807) is 18.2 Å². The number of hydrogen-bond acceptors (Lipinski definition) is 4. The molecule has 2 aromatic rings. The average Bonchev–Trinajstić information content (AvgIpc) is 2.56. The van der Waals surface area contributed by atoms with Crippen LogP contribution in [-0.2, 0) is 16.0 Å². The molecule has 6 heteroatoms. The minimum absolute atomic E-state index is 0.100. The molecule has 128 valence electrons. The van der Waals surface area contributed by atoms with Crippen LogP contribution in [-0.4, -0.2) is 24.3 Å². The summed E-state index contributed by atoms with van der Waals surface area (Å²) in [6.07, 6.45) is 1.41. The lowest BCUT2D eigenvalue weighted by Gasteiger charge is -2.14. The monoisotopic (exact) mass is 367 g/mol. The third kappa shape index (κ3) is 5.41. The molecule has 0 aromatic heterocycles. The van der Waals surface area contributed by atoms with Crippen LogP contribution in [0.3, 0.4) is 0 Å². The summed E-state index contributed by atoms with van der Waals surface area (Å²) in [5.74, 6) is -0.313. The molecule has 0 bridgehead atoms. The zero-order valence-corrected chi connectivity index (χ0v) is 14.6. The Morgan fingerprint density at radius 2 is 1.75 bits per heavy atom. The predicted molar refractivity (Wildman–Crippen MR) is 97.2 cm³/mol. The van der Waals surface area contributed by atoms with Crippen LogP contribution in [0.4, 0.5) is 11.4 Å². The van der Waals surface area contributed by atoms with Crippen molar-refractivity contribution in [2.45, 2.75) is 19.3 Å². The highest BCUT2D eigenvalue weighted by molar-refractivity contribution is 6.39. The van der Waals surface area contributed by atoms with E-state index in [0.29, 0.717) is 35.2 Å². The highest BCUT2D eigenvalue weighted by atomic mass is 35.5. The molecule has 0 atom stereocenters. The van der Waals surface area contributed by atoms with Gasteiger partial charge in [0.05, 0.1) is 28.8 Å². The van der Waals surface area contributed by atoms with E-state index in [2.05, 4.69) is 5.32 Å². The van der Waals surface area contributed by atoms with Crippen molar-refractivity contribution in [2.24, 2.45) is 0 Å². The lowest BCUT2D eigenvalue weighted by molar-refractivity contribution is -0.143. The highest BCUT2D eigenvalue weighted by Gasteiger charge is 2.12. The van der Waals surface area contributed by atoms with E-state index < -0.39 is 0 Å². The Kier molecular flexibility index (Phi) is 7.37. The van der Waals surface area contributed by atoms with Gasteiger partial charge in [-0.15, -0.1) is 0 Å². The normalized spacial score (nSPS) is 10.5. The molecule has 4 nitrogen and oxygen atoms in total. The summed E-state index contributed by atoms with van der Waals surface area (Å²) in [6, 6.07) is 12.7. The van der Waals surface area contributed by atoms with Gasteiger partial charge in [-0.3, -0.25) is 4.79 Å². The molecule has 2 N–H and O–H groups in total. The molecule has 0 heterocycles. The van der Waals surface area contributed by atoms with Gasteiger partial charge in [0, 0.05) is 12.3 Å². The van der Waals surface area contributed by atoms with E-state index in [0.717, 1.165) is 11.3 Å². The quantitative estimate of drug-likeness (QED) is 0.528. The van der Waals surface area contributed by atoms with Crippen molar-refractivity contribution in [1.82, 2.24) is 0 Å². The number of aliphatic hydroxyl groups excluding tert-OH is 1. The van der Waals surface area contributed by atoms with E-state index in [1.807, 2.05) is 24.3 Å². The first-order chi connectivity index (χ1) is 11.6. The molecule has 0 spiro atoms. The topological polar surface area (TPSA) is 58.6 Å². The number of hydrogen-bond donors (Lipinski definition) is 2. The highest BCUT2D eigenvalue weighted by Crippen LogP contribution is 2.33. The van der Waals surface area contributed by atoms with Crippen LogP contribution < -0.4 is 5.32 Å². The first-order valence-corrected chi connectivity index (χ1v) is 8.43. The lowest BCUT2D eigenvalue weighted by atomic mass is 10.1. The maximum atomic E-state index is 11.9. The number of esters is 1. The fraction of sp³-hybridized carbons (Fsp3) is 0.278. The third-order valence-corrected chi connectivity index (χ3v) is 4.02. The summed E-state index contributed by atoms with van der Waals surface area (Å²) in [7, 11) is 0. The minimum Gasteiger partial charge on any atom is -0.465 e. The summed E-state index contributed by atoms with van der Waals surface area (Å²) in [6.45, 7) is 0.411. The van der Waals surface area contributed by atoms with Crippen molar-refractivity contribution in [3.8, 4) is 0 Å². The molecule has 2 aromatic carbocycles. The van der Waals surface area contributed by atoms with Crippen LogP contribution in [0.5, 0.6) is 0 Å². The first kappa shape index (κ1) is 18.6. The third-order valence-electron chi connectivity index (χ3n) is 3.39. The van der Waals surface area contributed by atoms with E-state index in [4.69, 9.17) is 33.0 Å². The van der Waals surface area contributed by atoms with Gasteiger partial charge in [0.2, 0.25) is 0 Å². The maximum Gasteiger partial charge on any atom is 0.310 e. The lowest BCUT2D eigenvalue weighted by Crippen LogP contribution is -2.10. The Morgan fingerprint density at radius 3 is 2.46 bits per heavy atom. The number of nitrogens with one attached hydrogen (secondary N) is 1. The number of halogens is 2. The molecule has 0 aliphatic rings. The molecule has 0 saturated heterocycles. The van der Waals surface area contributed by atoms with Gasteiger partial charge in [0.25, 0.3) is 0 Å². The fourth-order valence-corrected chi connectivity index (χ4v) is 2.65. The van der Waals surface area contributed by atoms with Gasteiger partial charge in [-0.1, -0.05) is 47.5 Å². The summed E-state index contributed by atoms with van der Waals surface area (Å²) in [4.78, 5) is 11.9. The van der Waals surface area contributed by atoms with Gasteiger partial charge >= 0.3 is 5.97 Å². The van der Waals surface area contributed by atoms with Crippen LogP contribution >= 0.6 is 23.2 Å². The van der Waals surface area contributed by atoms with Gasteiger partial charge in [0.15, 0.2) is 0 Å². The summed E-state index contributed by atoms with van der Waals surface area (Å²) in [5.41, 5.74) is 2.14. The van der Waals surface area contributed by atoms with Crippen molar-refractivity contribution in [3.05, 3.63) is 58.1 Å². The number of para-hydroxylation sites is 2. The largest absolute Gasteiger partial charge is 0.465 e. The van der Waals surface area contributed by atoms with Gasteiger partial charge in [-0.25, -0.2) is 0 Å². The van der Waals surface area contributed by atoms with Gasteiger partial charge in [0.1, 0.15) is 0 Å². The molecule has 0 unspecified atom stereocenters. The number of ether oxygens (including phenoxy) is 1. The van der Waals surface area contributed by atoms with Gasteiger partial charge < -0.3 is 15.2 Å². The Morgan fingerprint density at radius 1 is 1.04 bits per heavy atom. The molecule has 24 heavy (non-hydrogen) atoms. The summed E-state index contributed by atoms with van der Waals surface area (Å²) >= 11 is 12.4. The zero-order chi connectivity index (χ0) is 17.4. The predicted octanol–water partition coefficient (Wildman–Crippen LogP) is 4.60. The number of aliphatic hydroxyl groups is 1. The second-order valence-electron chi connectivity index (χ2n) is 5.21. The number of benzene rings is 2. The van der Waals surface area contributed by atoms with Crippen LogP contribution in [0, 0.1) is 0 Å². The smallest absolute Gasteiger partial charge is 0.310 e. The molecule has 0 aliphatic heterocycles. The number of carbonyl (C=O) groups excluding carboxylic acids is 1. The van der Waals surface area contributed by atoms with Crippen LogP contribution in [0.15, 0.2) is 42.5 Å². The van der Waals surface area contributed by atoms with E-state index in [1.165, 1.54) is 0 Å².